The summed E-state index contributed by atoms with van der Waals surface area (Å²) < 4.78 is 18.3. The number of benzene rings is 2. The van der Waals surface area contributed by atoms with E-state index < -0.39 is 18.0 Å². The fourth-order valence-electron chi connectivity index (χ4n) is 2.77. The summed E-state index contributed by atoms with van der Waals surface area (Å²) in [6, 6.07) is 11.8. The van der Waals surface area contributed by atoms with Crippen molar-refractivity contribution < 1.29 is 18.7 Å². The van der Waals surface area contributed by atoms with Crippen molar-refractivity contribution >= 4 is 35.4 Å². The molecule has 2 amide bonds. The van der Waals surface area contributed by atoms with Crippen molar-refractivity contribution in [3.05, 3.63) is 76.2 Å². The number of hydrogen-bond donors (Lipinski definition) is 2. The second kappa shape index (κ2) is 9.12. The number of hydrogen-bond acceptors (Lipinski definition) is 4. The molecule has 0 saturated heterocycles. The smallest absolute Gasteiger partial charge is 0.338 e. The number of halogens is 2. The normalized spacial score (nSPS) is 16.4. The van der Waals surface area contributed by atoms with E-state index in [-0.39, 0.29) is 12.4 Å². The molecule has 2 N–H and O–H groups in total. The van der Waals surface area contributed by atoms with Crippen LogP contribution in [0, 0.1) is 5.82 Å². The Kier molecular flexibility index (Phi) is 6.59. The van der Waals surface area contributed by atoms with Crippen LogP contribution in [0.1, 0.15) is 18.5 Å². The standard InChI is InChI=1S/C20H18ClFN2O3S/c1-2-27-19(25)17-16(11-28-15-9-7-14(22)8-10-15)23-20(26)24-18(17)12-3-5-13(21)6-4-12/h3-10,18H,2,11H2,1H3,(H2,23,24,26). The summed E-state index contributed by atoms with van der Waals surface area (Å²) in [5, 5.41) is 6.03. The first kappa shape index (κ1) is 20.2. The number of thioether (sulfide) groups is 1. The maximum atomic E-state index is 13.1. The molecule has 1 atom stereocenters. The quantitative estimate of drug-likeness (QED) is 0.535. The van der Waals surface area contributed by atoms with Crippen LogP contribution in [0.5, 0.6) is 0 Å². The molecular formula is C20H18ClFN2O3S. The molecule has 1 unspecified atom stereocenters. The van der Waals surface area contributed by atoms with E-state index in [1.807, 2.05) is 0 Å². The Bertz CT molecular complexity index is 901. The van der Waals surface area contributed by atoms with E-state index in [0.717, 1.165) is 4.90 Å². The topological polar surface area (TPSA) is 67.4 Å². The second-order valence-corrected chi connectivity index (χ2v) is 7.42. The van der Waals surface area contributed by atoms with E-state index in [4.69, 9.17) is 16.3 Å². The molecule has 5 nitrogen and oxygen atoms in total. The molecule has 8 heteroatoms. The van der Waals surface area contributed by atoms with Gasteiger partial charge in [0.25, 0.3) is 0 Å². The third-order valence-electron chi connectivity index (χ3n) is 4.05. The van der Waals surface area contributed by atoms with Gasteiger partial charge in [0.05, 0.1) is 18.2 Å². The summed E-state index contributed by atoms with van der Waals surface area (Å²) in [6.45, 7) is 1.93. The van der Waals surface area contributed by atoms with E-state index in [0.29, 0.717) is 27.6 Å². The van der Waals surface area contributed by atoms with E-state index in [1.165, 1.54) is 23.9 Å². The minimum Gasteiger partial charge on any atom is -0.463 e. The number of rotatable bonds is 6. The van der Waals surface area contributed by atoms with E-state index in [2.05, 4.69) is 10.6 Å². The number of carbonyl (C=O) groups is 2. The van der Waals surface area contributed by atoms with Gasteiger partial charge in [0.2, 0.25) is 0 Å². The van der Waals surface area contributed by atoms with Gasteiger partial charge in [0, 0.05) is 21.4 Å². The Morgan fingerprint density at radius 2 is 1.86 bits per heavy atom. The van der Waals surface area contributed by atoms with Crippen LogP contribution in [0.15, 0.2) is 64.7 Å². The zero-order valence-corrected chi connectivity index (χ0v) is 16.6. The maximum Gasteiger partial charge on any atom is 0.338 e. The highest BCUT2D eigenvalue weighted by molar-refractivity contribution is 7.99. The Labute approximate surface area is 171 Å². The van der Waals surface area contributed by atoms with Gasteiger partial charge >= 0.3 is 12.0 Å². The summed E-state index contributed by atoms with van der Waals surface area (Å²) in [7, 11) is 0. The molecule has 1 heterocycles. The first-order valence-electron chi connectivity index (χ1n) is 8.59. The number of nitrogens with one attached hydrogen (secondary N) is 2. The fraction of sp³-hybridized carbons (Fsp3) is 0.200. The highest BCUT2D eigenvalue weighted by Crippen LogP contribution is 2.31. The molecule has 0 spiro atoms. The molecule has 1 aliphatic heterocycles. The number of ether oxygens (including phenoxy) is 1. The fourth-order valence-corrected chi connectivity index (χ4v) is 3.77. The Morgan fingerprint density at radius 1 is 1.18 bits per heavy atom. The van der Waals surface area contributed by atoms with Crippen molar-refractivity contribution in [3.8, 4) is 0 Å². The van der Waals surface area contributed by atoms with Crippen molar-refractivity contribution in [2.75, 3.05) is 12.4 Å². The predicted molar refractivity (Wildman–Crippen MR) is 107 cm³/mol. The van der Waals surface area contributed by atoms with Crippen molar-refractivity contribution in [3.63, 3.8) is 0 Å². The van der Waals surface area contributed by atoms with Gasteiger partial charge in [-0.2, -0.15) is 0 Å². The Hall–Kier alpha value is -2.51. The summed E-state index contributed by atoms with van der Waals surface area (Å²) >= 11 is 7.33. The van der Waals surface area contributed by atoms with Gasteiger partial charge in [-0.05, 0) is 48.9 Å². The van der Waals surface area contributed by atoms with E-state index in [9.17, 15) is 14.0 Å². The van der Waals surface area contributed by atoms with Crippen LogP contribution >= 0.6 is 23.4 Å². The predicted octanol–water partition coefficient (Wildman–Crippen LogP) is 4.44. The van der Waals surface area contributed by atoms with Crippen LogP contribution in [0.3, 0.4) is 0 Å². The minimum absolute atomic E-state index is 0.210. The lowest BCUT2D eigenvalue weighted by molar-refractivity contribution is -0.139. The largest absolute Gasteiger partial charge is 0.463 e. The third kappa shape index (κ3) is 4.85. The molecule has 3 rings (SSSR count). The molecule has 0 radical (unpaired) electrons. The lowest BCUT2D eigenvalue weighted by Gasteiger charge is -2.29. The molecule has 146 valence electrons. The average Bonchev–Trinajstić information content (AvgIpc) is 2.68. The minimum atomic E-state index is -0.658. The van der Waals surface area contributed by atoms with E-state index >= 15 is 0 Å². The molecule has 0 aromatic heterocycles. The highest BCUT2D eigenvalue weighted by Gasteiger charge is 2.33. The first-order chi connectivity index (χ1) is 13.5. The van der Waals surface area contributed by atoms with Gasteiger partial charge in [-0.25, -0.2) is 14.0 Å². The van der Waals surface area contributed by atoms with Gasteiger partial charge < -0.3 is 15.4 Å². The van der Waals surface area contributed by atoms with Crippen molar-refractivity contribution in [2.45, 2.75) is 17.9 Å². The number of esters is 1. The van der Waals surface area contributed by atoms with Crippen molar-refractivity contribution in [1.82, 2.24) is 10.6 Å². The second-order valence-electron chi connectivity index (χ2n) is 5.94. The highest BCUT2D eigenvalue weighted by atomic mass is 35.5. The number of carbonyl (C=O) groups excluding carboxylic acids is 2. The molecule has 1 aliphatic rings. The Balaban J connectivity index is 1.94. The summed E-state index contributed by atoms with van der Waals surface area (Å²) in [5.41, 5.74) is 1.50. The lowest BCUT2D eigenvalue weighted by Crippen LogP contribution is -2.46. The zero-order chi connectivity index (χ0) is 20.1. The maximum absolute atomic E-state index is 13.1. The molecule has 0 saturated carbocycles. The molecule has 0 fully saturated rings. The van der Waals surface area contributed by atoms with Gasteiger partial charge in [-0.1, -0.05) is 23.7 Å². The summed E-state index contributed by atoms with van der Waals surface area (Å²) in [6.07, 6.45) is 0. The molecule has 2 aromatic rings. The van der Waals surface area contributed by atoms with Gasteiger partial charge in [0.1, 0.15) is 5.82 Å². The van der Waals surface area contributed by atoms with Crippen LogP contribution < -0.4 is 10.6 Å². The van der Waals surface area contributed by atoms with Crippen LogP contribution in [-0.2, 0) is 9.53 Å². The summed E-state index contributed by atoms with van der Waals surface area (Å²) in [5.74, 6) is -0.518. The molecule has 2 aromatic carbocycles. The third-order valence-corrected chi connectivity index (χ3v) is 5.34. The van der Waals surface area contributed by atoms with E-state index in [1.54, 1.807) is 43.3 Å². The van der Waals surface area contributed by atoms with Crippen LogP contribution in [-0.4, -0.2) is 24.4 Å². The van der Waals surface area contributed by atoms with Crippen LogP contribution in [0.2, 0.25) is 5.02 Å². The van der Waals surface area contributed by atoms with Crippen LogP contribution in [0.4, 0.5) is 9.18 Å². The monoisotopic (exact) mass is 420 g/mol. The van der Waals surface area contributed by atoms with Gasteiger partial charge in [-0.15, -0.1) is 11.8 Å². The number of urea groups is 1. The van der Waals surface area contributed by atoms with Crippen molar-refractivity contribution in [2.24, 2.45) is 0 Å². The zero-order valence-electron chi connectivity index (χ0n) is 15.0. The van der Waals surface area contributed by atoms with Gasteiger partial charge in [0.15, 0.2) is 0 Å². The molecule has 0 bridgehead atoms. The van der Waals surface area contributed by atoms with Crippen LogP contribution in [0.25, 0.3) is 0 Å². The first-order valence-corrected chi connectivity index (χ1v) is 9.95. The lowest BCUT2D eigenvalue weighted by atomic mass is 9.95. The molecular weight excluding hydrogens is 403 g/mol. The molecule has 28 heavy (non-hydrogen) atoms. The average molecular weight is 421 g/mol. The van der Waals surface area contributed by atoms with Gasteiger partial charge in [-0.3, -0.25) is 0 Å². The Morgan fingerprint density at radius 3 is 2.50 bits per heavy atom. The summed E-state index contributed by atoms with van der Waals surface area (Å²) in [4.78, 5) is 25.7. The molecule has 0 aliphatic carbocycles. The van der Waals surface area contributed by atoms with Crippen molar-refractivity contribution in [1.29, 1.82) is 0 Å². The SMILES string of the molecule is CCOC(=O)C1=C(CSc2ccc(F)cc2)NC(=O)NC1c1ccc(Cl)cc1. The number of amides is 2.